The molecular weight excluding hydrogens is 192 g/mol. The van der Waals surface area contributed by atoms with Crippen molar-refractivity contribution in [3.8, 4) is 0 Å². The summed E-state index contributed by atoms with van der Waals surface area (Å²) in [6.07, 6.45) is 0.373. The molecule has 0 unspecified atom stereocenters. The molecule has 78 valence electrons. The molecule has 2 N–H and O–H groups in total. The van der Waals surface area contributed by atoms with Gasteiger partial charge in [0.25, 0.3) is 0 Å². The molecule has 1 aromatic rings. The molecule has 0 saturated heterocycles. The minimum Gasteiger partial charge on any atom is -0.324 e. The third kappa shape index (κ3) is 1.53. The minimum absolute atomic E-state index is 0.00255. The first-order chi connectivity index (χ1) is 7.13. The molecule has 1 aliphatic rings. The Morgan fingerprint density at radius 1 is 1.53 bits per heavy atom. The van der Waals surface area contributed by atoms with Crippen molar-refractivity contribution in [1.82, 2.24) is 0 Å². The molecule has 1 heterocycles. The summed E-state index contributed by atoms with van der Waals surface area (Å²) in [5, 5.41) is 0. The molecule has 0 radical (unpaired) electrons. The summed E-state index contributed by atoms with van der Waals surface area (Å²) < 4.78 is 0. The van der Waals surface area contributed by atoms with E-state index in [1.165, 1.54) is 0 Å². The Kier molecular flexibility index (Phi) is 2.28. The topological polar surface area (TPSA) is 63.4 Å². The van der Waals surface area contributed by atoms with Gasteiger partial charge in [-0.2, -0.15) is 0 Å². The van der Waals surface area contributed by atoms with Crippen LogP contribution in [0, 0.1) is 0 Å². The zero-order valence-corrected chi connectivity index (χ0v) is 8.49. The van der Waals surface area contributed by atoms with Crippen molar-refractivity contribution in [2.45, 2.75) is 6.42 Å². The first kappa shape index (κ1) is 9.86. The summed E-state index contributed by atoms with van der Waals surface area (Å²) in [6.45, 7) is 0.00255. The molecule has 4 nitrogen and oxygen atoms in total. The van der Waals surface area contributed by atoms with Gasteiger partial charge in [0, 0.05) is 18.3 Å². The van der Waals surface area contributed by atoms with E-state index < -0.39 is 0 Å². The summed E-state index contributed by atoms with van der Waals surface area (Å²) in [7, 11) is 1.73. The summed E-state index contributed by atoms with van der Waals surface area (Å²) in [6, 6.07) is 5.26. The Labute approximate surface area is 87.7 Å². The van der Waals surface area contributed by atoms with Crippen LogP contribution < -0.4 is 10.6 Å². The van der Waals surface area contributed by atoms with Gasteiger partial charge in [-0.1, -0.05) is 0 Å². The second-order valence-corrected chi connectivity index (χ2v) is 3.60. The van der Waals surface area contributed by atoms with E-state index in [9.17, 15) is 9.59 Å². The molecule has 15 heavy (non-hydrogen) atoms. The van der Waals surface area contributed by atoms with Crippen LogP contribution in [-0.2, 0) is 11.2 Å². The van der Waals surface area contributed by atoms with Gasteiger partial charge >= 0.3 is 0 Å². The average molecular weight is 204 g/mol. The van der Waals surface area contributed by atoms with Gasteiger partial charge in [-0.25, -0.2) is 0 Å². The van der Waals surface area contributed by atoms with Crippen LogP contribution in [0.15, 0.2) is 18.2 Å². The Bertz CT molecular complexity index is 440. The van der Waals surface area contributed by atoms with E-state index in [0.717, 1.165) is 11.3 Å². The maximum atomic E-state index is 11.4. The maximum Gasteiger partial charge on any atom is 0.231 e. The van der Waals surface area contributed by atoms with E-state index in [4.69, 9.17) is 5.73 Å². The molecule has 1 aliphatic heterocycles. The van der Waals surface area contributed by atoms with Crippen molar-refractivity contribution in [3.05, 3.63) is 29.3 Å². The molecule has 0 saturated carbocycles. The van der Waals surface area contributed by atoms with Crippen LogP contribution in [0.4, 0.5) is 5.69 Å². The molecule has 0 spiro atoms. The fourth-order valence-corrected chi connectivity index (χ4v) is 1.76. The van der Waals surface area contributed by atoms with Crippen molar-refractivity contribution in [1.29, 1.82) is 0 Å². The third-order valence-corrected chi connectivity index (χ3v) is 2.66. The number of nitrogens with zero attached hydrogens (tertiary/aromatic N) is 1. The van der Waals surface area contributed by atoms with Crippen molar-refractivity contribution >= 4 is 17.4 Å². The number of fused-ring (bicyclic) bond motifs is 1. The number of amides is 1. The van der Waals surface area contributed by atoms with E-state index in [1.54, 1.807) is 30.1 Å². The van der Waals surface area contributed by atoms with Crippen molar-refractivity contribution in [3.63, 3.8) is 0 Å². The van der Waals surface area contributed by atoms with Crippen LogP contribution in [0.1, 0.15) is 15.9 Å². The lowest BCUT2D eigenvalue weighted by atomic mass is 10.1. The zero-order valence-electron chi connectivity index (χ0n) is 8.49. The highest BCUT2D eigenvalue weighted by Gasteiger charge is 2.24. The number of carbonyl (C=O) groups excluding carboxylic acids is 2. The maximum absolute atomic E-state index is 11.4. The first-order valence-corrected chi connectivity index (χ1v) is 4.76. The number of rotatable bonds is 2. The number of nitrogens with two attached hydrogens (primary N) is 1. The predicted molar refractivity (Wildman–Crippen MR) is 56.9 cm³/mol. The Morgan fingerprint density at radius 3 is 2.93 bits per heavy atom. The van der Waals surface area contributed by atoms with Crippen molar-refractivity contribution in [2.24, 2.45) is 5.73 Å². The normalized spacial score (nSPS) is 14.3. The van der Waals surface area contributed by atoms with Gasteiger partial charge in [0.2, 0.25) is 5.91 Å². The SMILES string of the molecule is CN1C(=O)Cc2cc(C(=O)CN)ccc21. The third-order valence-electron chi connectivity index (χ3n) is 2.66. The highest BCUT2D eigenvalue weighted by atomic mass is 16.2. The van der Waals surface area contributed by atoms with Gasteiger partial charge in [0.05, 0.1) is 13.0 Å². The Balaban J connectivity index is 2.42. The second kappa shape index (κ2) is 3.47. The van der Waals surface area contributed by atoms with Gasteiger partial charge < -0.3 is 10.6 Å². The van der Waals surface area contributed by atoms with Gasteiger partial charge in [-0.3, -0.25) is 9.59 Å². The molecule has 0 bridgehead atoms. The minimum atomic E-state index is -0.0974. The van der Waals surface area contributed by atoms with Gasteiger partial charge in [-0.05, 0) is 23.8 Å². The molecule has 1 aromatic carbocycles. The summed E-state index contributed by atoms with van der Waals surface area (Å²) in [4.78, 5) is 24.4. The number of ketones is 1. The predicted octanol–water partition coefficient (Wildman–Crippen LogP) is 0.347. The van der Waals surface area contributed by atoms with E-state index in [2.05, 4.69) is 0 Å². The number of likely N-dealkylation sites (N-methyl/N-ethyl adjacent to an activating group) is 1. The highest BCUT2D eigenvalue weighted by Crippen LogP contribution is 2.28. The lowest BCUT2D eigenvalue weighted by Gasteiger charge is -2.09. The van der Waals surface area contributed by atoms with Crippen molar-refractivity contribution in [2.75, 3.05) is 18.5 Å². The largest absolute Gasteiger partial charge is 0.324 e. The molecule has 0 aliphatic carbocycles. The summed E-state index contributed by atoms with van der Waals surface area (Å²) in [5.41, 5.74) is 7.65. The first-order valence-electron chi connectivity index (χ1n) is 4.76. The van der Waals surface area contributed by atoms with Gasteiger partial charge in [0.1, 0.15) is 0 Å². The van der Waals surface area contributed by atoms with Crippen LogP contribution in [0.25, 0.3) is 0 Å². The number of carbonyl (C=O) groups is 2. The second-order valence-electron chi connectivity index (χ2n) is 3.60. The number of Topliss-reactive ketones (excluding diaryl/α,β-unsaturated/α-hetero) is 1. The molecular formula is C11H12N2O2. The summed E-state index contributed by atoms with van der Waals surface area (Å²) >= 11 is 0. The van der Waals surface area contributed by atoms with E-state index in [1.807, 2.05) is 0 Å². The number of benzene rings is 1. The Hall–Kier alpha value is -1.68. The molecule has 2 rings (SSSR count). The highest BCUT2D eigenvalue weighted by molar-refractivity contribution is 6.03. The van der Waals surface area contributed by atoms with Crippen LogP contribution in [0.3, 0.4) is 0 Å². The number of hydrogen-bond donors (Lipinski definition) is 1. The van der Waals surface area contributed by atoms with Crippen LogP contribution in [-0.4, -0.2) is 25.3 Å². The monoisotopic (exact) mass is 204 g/mol. The van der Waals surface area contributed by atoms with Gasteiger partial charge in [-0.15, -0.1) is 0 Å². The van der Waals surface area contributed by atoms with Crippen LogP contribution in [0.5, 0.6) is 0 Å². The molecule has 4 heteroatoms. The summed E-state index contributed by atoms with van der Waals surface area (Å²) in [5.74, 6) is -0.0397. The average Bonchev–Trinajstić information content (AvgIpc) is 2.53. The Morgan fingerprint density at radius 2 is 2.27 bits per heavy atom. The van der Waals surface area contributed by atoms with Crippen LogP contribution in [0.2, 0.25) is 0 Å². The van der Waals surface area contributed by atoms with E-state index >= 15 is 0 Å². The fraction of sp³-hybridized carbons (Fsp3) is 0.273. The van der Waals surface area contributed by atoms with Crippen LogP contribution >= 0.6 is 0 Å². The number of hydrogen-bond acceptors (Lipinski definition) is 3. The van der Waals surface area contributed by atoms with E-state index in [-0.39, 0.29) is 18.2 Å². The molecule has 0 fully saturated rings. The quantitative estimate of drug-likeness (QED) is 0.707. The molecule has 0 atom stereocenters. The fourth-order valence-electron chi connectivity index (χ4n) is 1.76. The van der Waals surface area contributed by atoms with Gasteiger partial charge in [0.15, 0.2) is 5.78 Å². The smallest absolute Gasteiger partial charge is 0.231 e. The zero-order chi connectivity index (χ0) is 11.0. The lowest BCUT2D eigenvalue weighted by Crippen LogP contribution is -2.20. The molecule has 0 aromatic heterocycles. The lowest BCUT2D eigenvalue weighted by molar-refractivity contribution is -0.117. The standard InChI is InChI=1S/C11H12N2O2/c1-13-9-3-2-7(10(14)6-12)4-8(9)5-11(13)15/h2-4H,5-6,12H2,1H3. The molecule has 1 amide bonds. The number of anilines is 1. The van der Waals surface area contributed by atoms with Crippen molar-refractivity contribution < 1.29 is 9.59 Å². The van der Waals surface area contributed by atoms with E-state index in [0.29, 0.717) is 12.0 Å².